The second-order valence-electron chi connectivity index (χ2n) is 5.95. The third kappa shape index (κ3) is 3.78. The fourth-order valence-electron chi connectivity index (χ4n) is 2.86. The molecule has 1 N–H and O–H groups in total. The molecule has 120 valence electrons. The van der Waals surface area contributed by atoms with Crippen LogP contribution in [-0.4, -0.2) is 50.4 Å². The van der Waals surface area contributed by atoms with E-state index in [0.29, 0.717) is 13.0 Å². The molecular weight excluding hydrogens is 278 g/mol. The van der Waals surface area contributed by atoms with Crippen molar-refractivity contribution in [3.05, 3.63) is 29.8 Å². The van der Waals surface area contributed by atoms with Gasteiger partial charge in [-0.3, -0.25) is 9.59 Å². The smallest absolute Gasteiger partial charge is 0.242 e. The molecule has 0 radical (unpaired) electrons. The number of likely N-dealkylation sites (tertiary alicyclic amines) is 1. The Morgan fingerprint density at radius 1 is 1.23 bits per heavy atom. The largest absolute Gasteiger partial charge is 0.378 e. The van der Waals surface area contributed by atoms with Gasteiger partial charge in [-0.2, -0.15) is 0 Å². The summed E-state index contributed by atoms with van der Waals surface area (Å²) >= 11 is 0. The summed E-state index contributed by atoms with van der Waals surface area (Å²) in [6, 6.07) is 7.66. The molecule has 0 unspecified atom stereocenters. The lowest BCUT2D eigenvalue weighted by Crippen LogP contribution is -2.51. The van der Waals surface area contributed by atoms with Crippen molar-refractivity contribution in [2.24, 2.45) is 0 Å². The van der Waals surface area contributed by atoms with Crippen molar-refractivity contribution in [3.63, 3.8) is 0 Å². The number of anilines is 1. The predicted octanol–water partition coefficient (Wildman–Crippen LogP) is 1.42. The molecule has 0 saturated carbocycles. The van der Waals surface area contributed by atoms with E-state index in [1.807, 2.05) is 43.3 Å². The van der Waals surface area contributed by atoms with E-state index in [1.165, 1.54) is 0 Å². The van der Waals surface area contributed by atoms with E-state index in [9.17, 15) is 9.59 Å². The molecule has 1 fully saturated rings. The molecule has 0 aromatic heterocycles. The number of nitrogens with one attached hydrogen (secondary N) is 1. The summed E-state index contributed by atoms with van der Waals surface area (Å²) in [5, 5.41) is 2.66. The van der Waals surface area contributed by atoms with Gasteiger partial charge in [-0.1, -0.05) is 12.1 Å². The van der Waals surface area contributed by atoms with Crippen molar-refractivity contribution in [2.45, 2.75) is 31.7 Å². The Bertz CT molecular complexity index is 525. The number of likely N-dealkylation sites (N-methyl/N-ethyl adjacent to an activating group) is 1. The van der Waals surface area contributed by atoms with Crippen molar-refractivity contribution in [3.8, 4) is 0 Å². The molecule has 0 aliphatic carbocycles. The molecule has 2 rings (SSSR count). The first-order valence-electron chi connectivity index (χ1n) is 7.80. The number of carbonyl (C=O) groups is 2. The fourth-order valence-corrected chi connectivity index (χ4v) is 2.86. The van der Waals surface area contributed by atoms with Gasteiger partial charge in [-0.25, -0.2) is 0 Å². The summed E-state index contributed by atoms with van der Waals surface area (Å²) in [7, 11) is 5.60. The molecule has 0 spiro atoms. The molecule has 0 bridgehead atoms. The van der Waals surface area contributed by atoms with Crippen molar-refractivity contribution in [1.82, 2.24) is 10.2 Å². The molecule has 22 heavy (non-hydrogen) atoms. The number of amides is 2. The van der Waals surface area contributed by atoms with Crippen molar-refractivity contribution in [2.75, 3.05) is 32.6 Å². The van der Waals surface area contributed by atoms with Gasteiger partial charge in [-0.15, -0.1) is 0 Å². The SMILES string of the molecule is CNC(=O)[C@@H]1CCCCN1C(=O)Cc1ccc(N(C)C)cc1. The number of carbonyl (C=O) groups excluding carboxylic acids is 2. The third-order valence-corrected chi connectivity index (χ3v) is 4.18. The number of hydrogen-bond donors (Lipinski definition) is 1. The van der Waals surface area contributed by atoms with Gasteiger partial charge >= 0.3 is 0 Å². The van der Waals surface area contributed by atoms with E-state index in [4.69, 9.17) is 0 Å². The highest BCUT2D eigenvalue weighted by Crippen LogP contribution is 2.19. The van der Waals surface area contributed by atoms with Crippen LogP contribution in [0.15, 0.2) is 24.3 Å². The van der Waals surface area contributed by atoms with Crippen LogP contribution in [0.5, 0.6) is 0 Å². The zero-order valence-corrected chi connectivity index (χ0v) is 13.6. The van der Waals surface area contributed by atoms with Crippen LogP contribution in [0.3, 0.4) is 0 Å². The Morgan fingerprint density at radius 2 is 1.91 bits per heavy atom. The molecule has 1 aliphatic heterocycles. The van der Waals surface area contributed by atoms with Gasteiger partial charge in [0.1, 0.15) is 6.04 Å². The predicted molar refractivity (Wildman–Crippen MR) is 87.9 cm³/mol. The fraction of sp³-hybridized carbons (Fsp3) is 0.529. The summed E-state index contributed by atoms with van der Waals surface area (Å²) in [6.45, 7) is 0.673. The minimum absolute atomic E-state index is 0.0332. The van der Waals surface area contributed by atoms with E-state index in [0.717, 1.165) is 30.5 Å². The van der Waals surface area contributed by atoms with Gasteiger partial charge in [0.25, 0.3) is 0 Å². The Labute approximate surface area is 132 Å². The summed E-state index contributed by atoms with van der Waals surface area (Å²) in [4.78, 5) is 28.3. The highest BCUT2D eigenvalue weighted by Gasteiger charge is 2.31. The summed E-state index contributed by atoms with van der Waals surface area (Å²) < 4.78 is 0. The number of hydrogen-bond acceptors (Lipinski definition) is 3. The average Bonchev–Trinajstić information content (AvgIpc) is 2.54. The molecule has 5 nitrogen and oxygen atoms in total. The van der Waals surface area contributed by atoms with Gasteiger partial charge in [-0.05, 0) is 37.0 Å². The quantitative estimate of drug-likeness (QED) is 0.915. The lowest BCUT2D eigenvalue weighted by atomic mass is 10.00. The molecule has 5 heteroatoms. The second kappa shape index (κ2) is 7.29. The molecule has 1 aromatic rings. The Balaban J connectivity index is 2.04. The van der Waals surface area contributed by atoms with Crippen LogP contribution >= 0.6 is 0 Å². The normalized spacial score (nSPS) is 18.0. The number of benzene rings is 1. The van der Waals surface area contributed by atoms with Gasteiger partial charge in [0, 0.05) is 33.4 Å². The molecular formula is C17H25N3O2. The minimum atomic E-state index is -0.313. The topological polar surface area (TPSA) is 52.7 Å². The Kier molecular flexibility index (Phi) is 5.41. The highest BCUT2D eigenvalue weighted by molar-refractivity contribution is 5.88. The average molecular weight is 303 g/mol. The van der Waals surface area contributed by atoms with E-state index in [1.54, 1.807) is 11.9 Å². The van der Waals surface area contributed by atoms with Gasteiger partial charge in [0.05, 0.1) is 6.42 Å². The second-order valence-corrected chi connectivity index (χ2v) is 5.95. The van der Waals surface area contributed by atoms with E-state index >= 15 is 0 Å². The maximum absolute atomic E-state index is 12.6. The van der Waals surface area contributed by atoms with Crippen LogP contribution in [0.1, 0.15) is 24.8 Å². The first-order chi connectivity index (χ1) is 10.5. The van der Waals surface area contributed by atoms with Gasteiger partial charge in [0.2, 0.25) is 11.8 Å². The van der Waals surface area contributed by atoms with Crippen LogP contribution in [0.25, 0.3) is 0 Å². The zero-order valence-electron chi connectivity index (χ0n) is 13.6. The number of nitrogens with zero attached hydrogens (tertiary/aromatic N) is 2. The van der Waals surface area contributed by atoms with Crippen molar-refractivity contribution < 1.29 is 9.59 Å². The van der Waals surface area contributed by atoms with Crippen molar-refractivity contribution >= 4 is 17.5 Å². The summed E-state index contributed by atoms with van der Waals surface area (Å²) in [6.07, 6.45) is 3.07. The third-order valence-electron chi connectivity index (χ3n) is 4.18. The van der Waals surface area contributed by atoms with Crippen LogP contribution < -0.4 is 10.2 Å². The lowest BCUT2D eigenvalue weighted by Gasteiger charge is -2.34. The molecule has 2 amide bonds. The Morgan fingerprint density at radius 3 is 2.50 bits per heavy atom. The zero-order chi connectivity index (χ0) is 16.1. The molecule has 1 heterocycles. The van der Waals surface area contributed by atoms with E-state index < -0.39 is 0 Å². The molecule has 1 atom stereocenters. The van der Waals surface area contributed by atoms with E-state index in [2.05, 4.69) is 5.32 Å². The highest BCUT2D eigenvalue weighted by atomic mass is 16.2. The Hall–Kier alpha value is -2.04. The standard InChI is InChI=1S/C17H25N3O2/c1-18-17(22)15-6-4-5-11-20(15)16(21)12-13-7-9-14(10-8-13)19(2)3/h7-10,15H,4-6,11-12H2,1-3H3,(H,18,22)/t15-/m0/s1. The molecule has 1 aliphatic rings. The lowest BCUT2D eigenvalue weighted by molar-refractivity contribution is -0.141. The van der Waals surface area contributed by atoms with Gasteiger partial charge in [0.15, 0.2) is 0 Å². The van der Waals surface area contributed by atoms with Crippen LogP contribution in [0, 0.1) is 0 Å². The van der Waals surface area contributed by atoms with Crippen molar-refractivity contribution in [1.29, 1.82) is 0 Å². The summed E-state index contributed by atoms with van der Waals surface area (Å²) in [5.41, 5.74) is 2.09. The first kappa shape index (κ1) is 16.3. The first-order valence-corrected chi connectivity index (χ1v) is 7.80. The number of piperidine rings is 1. The van der Waals surface area contributed by atoms with Crippen LogP contribution in [0.2, 0.25) is 0 Å². The maximum Gasteiger partial charge on any atom is 0.242 e. The van der Waals surface area contributed by atoms with Gasteiger partial charge < -0.3 is 15.1 Å². The minimum Gasteiger partial charge on any atom is -0.378 e. The van der Waals surface area contributed by atoms with Crippen LogP contribution in [-0.2, 0) is 16.0 Å². The summed E-state index contributed by atoms with van der Waals surface area (Å²) in [5.74, 6) is -0.0260. The van der Waals surface area contributed by atoms with E-state index in [-0.39, 0.29) is 17.9 Å². The molecule has 1 saturated heterocycles. The monoisotopic (exact) mass is 303 g/mol. The maximum atomic E-state index is 12.6. The molecule has 1 aromatic carbocycles. The van der Waals surface area contributed by atoms with Crippen LogP contribution in [0.4, 0.5) is 5.69 Å². The number of rotatable bonds is 4.